The number of amides is 1. The van der Waals surface area contributed by atoms with Crippen LogP contribution in [0.4, 0.5) is 4.39 Å². The zero-order chi connectivity index (χ0) is 26.1. The van der Waals surface area contributed by atoms with Crippen LogP contribution in [0.1, 0.15) is 43.4 Å². The van der Waals surface area contributed by atoms with E-state index in [-0.39, 0.29) is 17.3 Å². The van der Waals surface area contributed by atoms with E-state index in [9.17, 15) is 14.0 Å². The van der Waals surface area contributed by atoms with Crippen molar-refractivity contribution < 1.29 is 13.9 Å². The number of nitrogens with one attached hydrogen (secondary N) is 1. The lowest BCUT2D eigenvalue weighted by Gasteiger charge is -2.21. The first kappa shape index (κ1) is 24.7. The van der Waals surface area contributed by atoms with Gasteiger partial charge in [-0.05, 0) is 60.0 Å². The number of pyridine rings is 1. The Morgan fingerprint density at radius 2 is 1.84 bits per heavy atom. The molecule has 6 nitrogen and oxygen atoms in total. The second kappa shape index (κ2) is 10.2. The van der Waals surface area contributed by atoms with Gasteiger partial charge in [-0.3, -0.25) is 9.59 Å². The number of methoxy groups -OCH3 is 1. The van der Waals surface area contributed by atoms with Gasteiger partial charge in [0.1, 0.15) is 11.6 Å². The standard InChI is InChI=1S/C29H25ClFN3O3/c1-3-4-26(35)34-25(17-5-10-20(31)11-6-17)16-24(33-34)28-27(18-7-12-21(37-2)13-8-18)22-15-19(30)9-14-23(22)32-29(28)36/h5-15,25H,3-4,16H2,1-2H3,(H,32,36). The van der Waals surface area contributed by atoms with E-state index in [1.165, 1.54) is 17.1 Å². The number of hydrazone groups is 1. The van der Waals surface area contributed by atoms with Crippen molar-refractivity contribution in [1.29, 1.82) is 0 Å². The van der Waals surface area contributed by atoms with E-state index in [1.54, 1.807) is 31.4 Å². The SMILES string of the molecule is CCCC(=O)N1N=C(c2c(-c3ccc(OC)cc3)c3cc(Cl)ccc3[nH]c2=O)CC1c1ccc(F)cc1. The minimum absolute atomic E-state index is 0.155. The van der Waals surface area contributed by atoms with Crippen LogP contribution in [0.5, 0.6) is 5.75 Å². The van der Waals surface area contributed by atoms with Crippen LogP contribution in [0.2, 0.25) is 5.02 Å². The molecule has 5 rings (SSSR count). The van der Waals surface area contributed by atoms with Crippen molar-refractivity contribution in [3.63, 3.8) is 0 Å². The maximum absolute atomic E-state index is 13.6. The summed E-state index contributed by atoms with van der Waals surface area (Å²) >= 11 is 6.37. The minimum Gasteiger partial charge on any atom is -0.497 e. The molecular weight excluding hydrogens is 493 g/mol. The molecule has 1 aromatic heterocycles. The molecule has 1 atom stereocenters. The van der Waals surface area contributed by atoms with E-state index in [4.69, 9.17) is 21.4 Å². The Morgan fingerprint density at radius 1 is 1.11 bits per heavy atom. The largest absolute Gasteiger partial charge is 0.497 e. The quantitative estimate of drug-likeness (QED) is 0.318. The number of halogens is 2. The molecule has 37 heavy (non-hydrogen) atoms. The maximum atomic E-state index is 13.6. The topological polar surface area (TPSA) is 74.8 Å². The van der Waals surface area contributed by atoms with E-state index >= 15 is 0 Å². The van der Waals surface area contributed by atoms with E-state index in [0.717, 1.165) is 16.5 Å². The van der Waals surface area contributed by atoms with Crippen molar-refractivity contribution in [2.24, 2.45) is 5.10 Å². The molecule has 0 fully saturated rings. The Kier molecular flexibility index (Phi) is 6.80. The molecule has 0 saturated heterocycles. The first-order valence-electron chi connectivity index (χ1n) is 12.0. The minimum atomic E-state index is -0.451. The summed E-state index contributed by atoms with van der Waals surface area (Å²) in [5.41, 5.74) is 3.37. The van der Waals surface area contributed by atoms with Crippen LogP contribution in [-0.4, -0.2) is 28.7 Å². The molecule has 0 saturated carbocycles. The smallest absolute Gasteiger partial charge is 0.258 e. The lowest BCUT2D eigenvalue weighted by molar-refractivity contribution is -0.133. The van der Waals surface area contributed by atoms with Crippen molar-refractivity contribution in [3.8, 4) is 16.9 Å². The van der Waals surface area contributed by atoms with E-state index in [2.05, 4.69) is 4.98 Å². The summed E-state index contributed by atoms with van der Waals surface area (Å²) in [5, 5.41) is 7.41. The second-order valence-electron chi connectivity index (χ2n) is 8.93. The highest BCUT2D eigenvalue weighted by Crippen LogP contribution is 2.38. The van der Waals surface area contributed by atoms with Gasteiger partial charge in [-0.2, -0.15) is 5.10 Å². The average Bonchev–Trinajstić information content (AvgIpc) is 3.34. The van der Waals surface area contributed by atoms with Crippen LogP contribution in [0.3, 0.4) is 0 Å². The number of nitrogens with zero attached hydrogens (tertiary/aromatic N) is 2. The van der Waals surface area contributed by atoms with Crippen LogP contribution in [0.25, 0.3) is 22.0 Å². The fourth-order valence-electron chi connectivity index (χ4n) is 4.76. The van der Waals surface area contributed by atoms with Crippen LogP contribution in [0.15, 0.2) is 76.6 Å². The van der Waals surface area contributed by atoms with Gasteiger partial charge in [0.2, 0.25) is 5.91 Å². The zero-order valence-corrected chi connectivity index (χ0v) is 21.2. The molecule has 1 unspecified atom stereocenters. The van der Waals surface area contributed by atoms with Gasteiger partial charge < -0.3 is 9.72 Å². The Morgan fingerprint density at radius 3 is 2.51 bits per heavy atom. The van der Waals surface area contributed by atoms with Gasteiger partial charge in [0.05, 0.1) is 24.4 Å². The third kappa shape index (κ3) is 4.74. The molecule has 4 aromatic rings. The maximum Gasteiger partial charge on any atom is 0.258 e. The van der Waals surface area contributed by atoms with Gasteiger partial charge in [0.15, 0.2) is 0 Å². The predicted octanol–water partition coefficient (Wildman–Crippen LogP) is 6.47. The van der Waals surface area contributed by atoms with Crippen molar-refractivity contribution >= 4 is 34.1 Å². The number of benzene rings is 3. The third-order valence-corrected chi connectivity index (χ3v) is 6.76. The number of carbonyl (C=O) groups is 1. The normalized spacial score (nSPS) is 15.2. The van der Waals surface area contributed by atoms with Gasteiger partial charge in [0, 0.05) is 34.3 Å². The highest BCUT2D eigenvalue weighted by atomic mass is 35.5. The second-order valence-corrected chi connectivity index (χ2v) is 9.37. The third-order valence-electron chi connectivity index (χ3n) is 6.53. The van der Waals surface area contributed by atoms with Crippen molar-refractivity contribution in [1.82, 2.24) is 9.99 Å². The number of fused-ring (bicyclic) bond motifs is 1. The lowest BCUT2D eigenvalue weighted by atomic mass is 9.91. The number of hydrogen-bond donors (Lipinski definition) is 1. The molecule has 0 bridgehead atoms. The molecule has 3 aromatic carbocycles. The zero-order valence-electron chi connectivity index (χ0n) is 20.4. The summed E-state index contributed by atoms with van der Waals surface area (Å²) in [6.07, 6.45) is 1.27. The van der Waals surface area contributed by atoms with E-state index < -0.39 is 6.04 Å². The molecule has 2 heterocycles. The number of rotatable bonds is 6. The number of aromatic nitrogens is 1. The molecule has 1 aliphatic rings. The Labute approximate surface area is 218 Å². The predicted molar refractivity (Wildman–Crippen MR) is 144 cm³/mol. The Hall–Kier alpha value is -3.97. The highest BCUT2D eigenvalue weighted by molar-refractivity contribution is 6.31. The number of ether oxygens (including phenoxy) is 1. The number of H-pyrrole nitrogens is 1. The molecule has 0 aliphatic carbocycles. The summed E-state index contributed by atoms with van der Waals surface area (Å²) in [4.78, 5) is 29.6. The summed E-state index contributed by atoms with van der Waals surface area (Å²) in [6.45, 7) is 1.92. The van der Waals surface area contributed by atoms with Crippen molar-refractivity contribution in [3.05, 3.63) is 99.1 Å². The highest BCUT2D eigenvalue weighted by Gasteiger charge is 2.35. The Balaban J connectivity index is 1.72. The van der Waals surface area contributed by atoms with Gasteiger partial charge in [-0.1, -0.05) is 42.8 Å². The summed E-state index contributed by atoms with van der Waals surface area (Å²) in [6, 6.07) is 18.3. The number of carbonyl (C=O) groups excluding carboxylic acids is 1. The molecule has 188 valence electrons. The average molecular weight is 518 g/mol. The van der Waals surface area contributed by atoms with Crippen molar-refractivity contribution in [2.75, 3.05) is 7.11 Å². The molecule has 1 N–H and O–H groups in total. The molecule has 1 aliphatic heterocycles. The fourth-order valence-corrected chi connectivity index (χ4v) is 4.93. The summed E-state index contributed by atoms with van der Waals surface area (Å²) in [5.74, 6) is 0.167. The molecule has 8 heteroatoms. The molecule has 0 spiro atoms. The van der Waals surface area contributed by atoms with E-state index in [1.807, 2.05) is 37.3 Å². The lowest BCUT2D eigenvalue weighted by Crippen LogP contribution is -2.26. The number of hydrogen-bond acceptors (Lipinski definition) is 4. The molecular formula is C29H25ClFN3O3. The van der Waals surface area contributed by atoms with Crippen LogP contribution >= 0.6 is 11.6 Å². The van der Waals surface area contributed by atoms with Crippen LogP contribution < -0.4 is 10.3 Å². The Bertz CT molecular complexity index is 1560. The first-order chi connectivity index (χ1) is 17.9. The summed E-state index contributed by atoms with van der Waals surface area (Å²) < 4.78 is 19.0. The van der Waals surface area contributed by atoms with Gasteiger partial charge in [-0.25, -0.2) is 9.40 Å². The van der Waals surface area contributed by atoms with Crippen molar-refractivity contribution in [2.45, 2.75) is 32.2 Å². The van der Waals surface area contributed by atoms with Gasteiger partial charge in [-0.15, -0.1) is 0 Å². The van der Waals surface area contributed by atoms with Crippen LogP contribution in [-0.2, 0) is 4.79 Å². The fraction of sp³-hybridized carbons (Fsp3) is 0.207. The summed E-state index contributed by atoms with van der Waals surface area (Å²) in [7, 11) is 1.59. The van der Waals surface area contributed by atoms with Gasteiger partial charge >= 0.3 is 0 Å². The monoisotopic (exact) mass is 517 g/mol. The first-order valence-corrected chi connectivity index (χ1v) is 12.4. The van der Waals surface area contributed by atoms with Gasteiger partial charge in [0.25, 0.3) is 5.56 Å². The molecule has 0 radical (unpaired) electrons. The van der Waals surface area contributed by atoms with E-state index in [0.29, 0.717) is 52.4 Å². The van der Waals surface area contributed by atoms with Crippen LogP contribution in [0, 0.1) is 5.82 Å². The molecule has 1 amide bonds. The number of aromatic amines is 1.